The van der Waals surface area contributed by atoms with Crippen LogP contribution in [-0.2, 0) is 11.2 Å². The Morgan fingerprint density at radius 2 is 2.05 bits per heavy atom. The fourth-order valence-electron chi connectivity index (χ4n) is 2.10. The molecule has 1 rings (SSSR count). The third kappa shape index (κ3) is 6.08. The minimum atomic E-state index is 0.228. The van der Waals surface area contributed by atoms with Crippen LogP contribution < -0.4 is 5.32 Å². The molecule has 0 saturated carbocycles. The minimum absolute atomic E-state index is 0.228. The van der Waals surface area contributed by atoms with E-state index in [0.29, 0.717) is 11.7 Å². The molecular weight excluding hydrogens is 238 g/mol. The predicted octanol–water partition coefficient (Wildman–Crippen LogP) is 2.83. The summed E-state index contributed by atoms with van der Waals surface area (Å²) < 4.78 is 5.05. The average molecular weight is 265 g/mol. The SMILES string of the molecule is COCCNCC(Cc1cccc(O)c1)C(C)(C)C. The summed E-state index contributed by atoms with van der Waals surface area (Å²) in [7, 11) is 1.72. The van der Waals surface area contributed by atoms with Crippen LogP contribution in [0.25, 0.3) is 0 Å². The number of aromatic hydroxyl groups is 1. The maximum Gasteiger partial charge on any atom is 0.115 e. The quantitative estimate of drug-likeness (QED) is 0.745. The lowest BCUT2D eigenvalue weighted by molar-refractivity contribution is 0.186. The number of nitrogens with one attached hydrogen (secondary N) is 1. The average Bonchev–Trinajstić information content (AvgIpc) is 2.32. The van der Waals surface area contributed by atoms with Crippen molar-refractivity contribution in [1.29, 1.82) is 0 Å². The van der Waals surface area contributed by atoms with Gasteiger partial charge in [-0.25, -0.2) is 0 Å². The van der Waals surface area contributed by atoms with Gasteiger partial charge in [-0.2, -0.15) is 0 Å². The molecule has 0 aromatic heterocycles. The van der Waals surface area contributed by atoms with Gasteiger partial charge in [0.15, 0.2) is 0 Å². The number of hydrogen-bond donors (Lipinski definition) is 2. The first-order chi connectivity index (χ1) is 8.93. The molecule has 0 radical (unpaired) electrons. The van der Waals surface area contributed by atoms with Gasteiger partial charge in [0.2, 0.25) is 0 Å². The third-order valence-electron chi connectivity index (χ3n) is 3.49. The van der Waals surface area contributed by atoms with Gasteiger partial charge in [0.1, 0.15) is 5.75 Å². The molecule has 1 aromatic carbocycles. The Labute approximate surface area is 117 Å². The first-order valence-corrected chi connectivity index (χ1v) is 6.91. The lowest BCUT2D eigenvalue weighted by atomic mass is 9.77. The highest BCUT2D eigenvalue weighted by Crippen LogP contribution is 2.29. The Morgan fingerprint density at radius 3 is 2.63 bits per heavy atom. The number of ether oxygens (including phenoxy) is 1. The van der Waals surface area contributed by atoms with Gasteiger partial charge in [0.05, 0.1) is 6.61 Å². The van der Waals surface area contributed by atoms with E-state index in [0.717, 1.165) is 26.1 Å². The van der Waals surface area contributed by atoms with Crippen molar-refractivity contribution in [3.8, 4) is 5.75 Å². The Hall–Kier alpha value is -1.06. The highest BCUT2D eigenvalue weighted by atomic mass is 16.5. The largest absolute Gasteiger partial charge is 0.508 e. The molecule has 2 N–H and O–H groups in total. The smallest absolute Gasteiger partial charge is 0.115 e. The van der Waals surface area contributed by atoms with Gasteiger partial charge in [-0.15, -0.1) is 0 Å². The van der Waals surface area contributed by atoms with Crippen molar-refractivity contribution in [3.63, 3.8) is 0 Å². The summed E-state index contributed by atoms with van der Waals surface area (Å²) in [6, 6.07) is 7.55. The maximum atomic E-state index is 9.54. The number of rotatable bonds is 7. The van der Waals surface area contributed by atoms with E-state index in [-0.39, 0.29) is 5.41 Å². The van der Waals surface area contributed by atoms with Gasteiger partial charge in [0.25, 0.3) is 0 Å². The van der Waals surface area contributed by atoms with Crippen LogP contribution in [0.4, 0.5) is 0 Å². The molecule has 3 heteroatoms. The first-order valence-electron chi connectivity index (χ1n) is 6.91. The summed E-state index contributed by atoms with van der Waals surface area (Å²) >= 11 is 0. The normalized spacial score (nSPS) is 13.5. The van der Waals surface area contributed by atoms with Crippen molar-refractivity contribution in [1.82, 2.24) is 5.32 Å². The van der Waals surface area contributed by atoms with Crippen molar-refractivity contribution in [3.05, 3.63) is 29.8 Å². The second-order valence-electron chi connectivity index (χ2n) is 6.13. The van der Waals surface area contributed by atoms with Crippen molar-refractivity contribution in [2.75, 3.05) is 26.8 Å². The van der Waals surface area contributed by atoms with Gasteiger partial charge in [-0.3, -0.25) is 0 Å². The van der Waals surface area contributed by atoms with Crippen LogP contribution in [-0.4, -0.2) is 31.9 Å². The summed E-state index contributed by atoms with van der Waals surface area (Å²) in [5.74, 6) is 0.864. The van der Waals surface area contributed by atoms with E-state index in [1.807, 2.05) is 12.1 Å². The topological polar surface area (TPSA) is 41.5 Å². The van der Waals surface area contributed by atoms with Gasteiger partial charge < -0.3 is 15.2 Å². The molecule has 0 bridgehead atoms. The molecule has 0 spiro atoms. The number of phenols is 1. The van der Waals surface area contributed by atoms with Crippen molar-refractivity contribution >= 4 is 0 Å². The lowest BCUT2D eigenvalue weighted by Crippen LogP contribution is -2.34. The monoisotopic (exact) mass is 265 g/mol. The molecule has 1 aromatic rings. The highest BCUT2D eigenvalue weighted by Gasteiger charge is 2.24. The van der Waals surface area contributed by atoms with Gasteiger partial charge in [-0.1, -0.05) is 32.9 Å². The molecule has 0 saturated heterocycles. The van der Waals surface area contributed by atoms with Crippen LogP contribution in [0, 0.1) is 11.3 Å². The van der Waals surface area contributed by atoms with Crippen LogP contribution in [0.1, 0.15) is 26.3 Å². The molecule has 0 fully saturated rings. The highest BCUT2D eigenvalue weighted by molar-refractivity contribution is 5.27. The molecule has 108 valence electrons. The molecule has 3 nitrogen and oxygen atoms in total. The molecule has 0 aliphatic carbocycles. The zero-order valence-electron chi connectivity index (χ0n) is 12.6. The van der Waals surface area contributed by atoms with Crippen LogP contribution in [0.5, 0.6) is 5.75 Å². The third-order valence-corrected chi connectivity index (χ3v) is 3.49. The fourth-order valence-corrected chi connectivity index (χ4v) is 2.10. The number of hydrogen-bond acceptors (Lipinski definition) is 3. The number of phenolic OH excluding ortho intramolecular Hbond substituents is 1. The van der Waals surface area contributed by atoms with Crippen LogP contribution in [0.3, 0.4) is 0 Å². The van der Waals surface area contributed by atoms with E-state index < -0.39 is 0 Å². The molecular formula is C16H27NO2. The molecule has 0 aliphatic rings. The molecule has 1 unspecified atom stereocenters. The van der Waals surface area contributed by atoms with Crippen molar-refractivity contribution in [2.24, 2.45) is 11.3 Å². The zero-order valence-corrected chi connectivity index (χ0v) is 12.6. The maximum absolute atomic E-state index is 9.54. The van der Waals surface area contributed by atoms with Gasteiger partial charge in [-0.05, 0) is 42.0 Å². The van der Waals surface area contributed by atoms with E-state index in [2.05, 4.69) is 32.2 Å². The molecule has 0 aliphatic heterocycles. The fraction of sp³-hybridized carbons (Fsp3) is 0.625. The summed E-state index contributed by atoms with van der Waals surface area (Å²) in [4.78, 5) is 0. The minimum Gasteiger partial charge on any atom is -0.508 e. The van der Waals surface area contributed by atoms with E-state index in [9.17, 15) is 5.11 Å². The van der Waals surface area contributed by atoms with Crippen LogP contribution in [0.2, 0.25) is 0 Å². The predicted molar refractivity (Wildman–Crippen MR) is 79.5 cm³/mol. The summed E-state index contributed by atoms with van der Waals surface area (Å²) in [6.45, 7) is 9.37. The molecule has 0 heterocycles. The Kier molecular flexibility index (Phi) is 6.32. The number of methoxy groups -OCH3 is 1. The van der Waals surface area contributed by atoms with E-state index in [1.165, 1.54) is 5.56 Å². The van der Waals surface area contributed by atoms with Crippen LogP contribution in [0.15, 0.2) is 24.3 Å². The second-order valence-corrected chi connectivity index (χ2v) is 6.13. The van der Waals surface area contributed by atoms with Crippen molar-refractivity contribution in [2.45, 2.75) is 27.2 Å². The standard InChI is InChI=1S/C16H27NO2/c1-16(2,3)14(12-17-8-9-19-4)10-13-6-5-7-15(18)11-13/h5-7,11,14,17-18H,8-10,12H2,1-4H3. The summed E-state index contributed by atoms with van der Waals surface area (Å²) in [6.07, 6.45) is 0.970. The first kappa shape index (κ1) is 16.0. The number of benzene rings is 1. The molecule has 19 heavy (non-hydrogen) atoms. The van der Waals surface area contributed by atoms with E-state index in [4.69, 9.17) is 4.74 Å². The van der Waals surface area contributed by atoms with Crippen molar-refractivity contribution < 1.29 is 9.84 Å². The lowest BCUT2D eigenvalue weighted by Gasteiger charge is -2.31. The van der Waals surface area contributed by atoms with Gasteiger partial charge in [0, 0.05) is 13.7 Å². The second kappa shape index (κ2) is 7.51. The Bertz CT molecular complexity index is 371. The summed E-state index contributed by atoms with van der Waals surface area (Å²) in [5.41, 5.74) is 1.42. The van der Waals surface area contributed by atoms with Crippen LogP contribution >= 0.6 is 0 Å². The Balaban J connectivity index is 2.59. The molecule has 1 atom stereocenters. The Morgan fingerprint density at radius 1 is 1.32 bits per heavy atom. The van der Waals surface area contributed by atoms with Gasteiger partial charge >= 0.3 is 0 Å². The van der Waals surface area contributed by atoms with E-state index >= 15 is 0 Å². The summed E-state index contributed by atoms with van der Waals surface area (Å²) in [5, 5.41) is 13.0. The zero-order chi connectivity index (χ0) is 14.3. The molecule has 0 amide bonds. The van der Waals surface area contributed by atoms with E-state index in [1.54, 1.807) is 13.2 Å².